The molecule has 1 fully saturated rings. The number of ether oxygens (including phenoxy) is 2. The summed E-state index contributed by atoms with van der Waals surface area (Å²) < 4.78 is 51.2. The van der Waals surface area contributed by atoms with E-state index in [0.717, 1.165) is 23.1 Å². The van der Waals surface area contributed by atoms with Crippen molar-refractivity contribution in [2.45, 2.75) is 26.1 Å². The van der Waals surface area contributed by atoms with Crippen molar-refractivity contribution < 1.29 is 32.2 Å². The van der Waals surface area contributed by atoms with Crippen LogP contribution in [0, 0.1) is 3.57 Å². The van der Waals surface area contributed by atoms with E-state index in [0.29, 0.717) is 20.6 Å². The van der Waals surface area contributed by atoms with Gasteiger partial charge < -0.3 is 9.47 Å². The summed E-state index contributed by atoms with van der Waals surface area (Å²) in [7, 11) is 1.46. The summed E-state index contributed by atoms with van der Waals surface area (Å²) in [6, 6.07) is 7.42. The fourth-order valence-corrected chi connectivity index (χ4v) is 4.09. The predicted octanol–water partition coefficient (Wildman–Crippen LogP) is 4.94. The maximum Gasteiger partial charge on any atom is 0.416 e. The van der Waals surface area contributed by atoms with Crippen LogP contribution in [-0.2, 0) is 15.8 Å². The van der Waals surface area contributed by atoms with Gasteiger partial charge >= 0.3 is 6.18 Å². The second-order valence-electron chi connectivity index (χ2n) is 7.21. The Morgan fingerprint density at radius 1 is 1.18 bits per heavy atom. The summed E-state index contributed by atoms with van der Waals surface area (Å²) in [5, 5.41) is 2.05. The molecule has 174 valence electrons. The van der Waals surface area contributed by atoms with Crippen LogP contribution in [-0.4, -0.2) is 30.1 Å². The van der Waals surface area contributed by atoms with E-state index in [4.69, 9.17) is 21.7 Å². The minimum absolute atomic E-state index is 0.107. The summed E-state index contributed by atoms with van der Waals surface area (Å²) in [5.41, 5.74) is -0.893. The zero-order valence-electron chi connectivity index (χ0n) is 17.6. The minimum atomic E-state index is -4.61. The van der Waals surface area contributed by atoms with Crippen LogP contribution in [0.25, 0.3) is 6.08 Å². The molecule has 0 atom stereocenters. The largest absolute Gasteiger partial charge is 0.493 e. The lowest BCUT2D eigenvalue weighted by molar-refractivity contribution is -0.137. The van der Waals surface area contributed by atoms with Crippen LogP contribution in [0.15, 0.2) is 42.0 Å². The molecule has 2 amide bonds. The predicted molar refractivity (Wildman–Crippen MR) is 129 cm³/mol. The van der Waals surface area contributed by atoms with Crippen LogP contribution in [0.5, 0.6) is 11.5 Å². The molecule has 0 aromatic heterocycles. The number of thiocarbonyl (C=S) groups is 1. The van der Waals surface area contributed by atoms with E-state index in [1.165, 1.54) is 19.3 Å². The Morgan fingerprint density at radius 2 is 1.88 bits per heavy atom. The molecular formula is C22H18F3IN2O4S. The molecule has 0 bridgehead atoms. The number of anilines is 1. The zero-order chi connectivity index (χ0) is 24.5. The Balaban J connectivity index is 2.04. The van der Waals surface area contributed by atoms with E-state index in [-0.39, 0.29) is 22.5 Å². The lowest BCUT2D eigenvalue weighted by Gasteiger charge is -2.29. The number of hydrogen-bond donors (Lipinski definition) is 1. The SMILES string of the molecule is COc1cc(/C=C2\C(=O)NC(=S)N(c3cccc(C(F)(F)F)c3)C2=O)cc(I)c1OC(C)C. The van der Waals surface area contributed by atoms with Crippen molar-refractivity contribution in [1.29, 1.82) is 0 Å². The normalized spacial score (nSPS) is 15.8. The number of carbonyl (C=O) groups is 2. The third-order valence-electron chi connectivity index (χ3n) is 4.45. The Kier molecular flexibility index (Phi) is 7.32. The average Bonchev–Trinajstić information content (AvgIpc) is 2.72. The first-order valence-corrected chi connectivity index (χ1v) is 11.0. The molecule has 0 saturated carbocycles. The highest BCUT2D eigenvalue weighted by Crippen LogP contribution is 2.36. The smallest absolute Gasteiger partial charge is 0.416 e. The van der Waals surface area contributed by atoms with Crippen LogP contribution in [0.2, 0.25) is 0 Å². The number of methoxy groups -OCH3 is 1. The summed E-state index contributed by atoms with van der Waals surface area (Å²) >= 11 is 7.11. The van der Waals surface area contributed by atoms with Gasteiger partial charge in [0.05, 0.1) is 28.0 Å². The van der Waals surface area contributed by atoms with Crippen molar-refractivity contribution in [3.05, 3.63) is 56.7 Å². The molecule has 2 aromatic rings. The summed E-state index contributed by atoms with van der Waals surface area (Å²) in [6.07, 6.45) is -3.39. The average molecular weight is 590 g/mol. The van der Waals surface area contributed by atoms with Gasteiger partial charge in [-0.1, -0.05) is 6.07 Å². The van der Waals surface area contributed by atoms with E-state index in [9.17, 15) is 22.8 Å². The van der Waals surface area contributed by atoms with Gasteiger partial charge in [0.2, 0.25) is 0 Å². The summed E-state index contributed by atoms with van der Waals surface area (Å²) in [4.78, 5) is 26.5. The fraction of sp³-hybridized carbons (Fsp3) is 0.227. The van der Waals surface area contributed by atoms with Gasteiger partial charge in [-0.25, -0.2) is 0 Å². The summed E-state index contributed by atoms with van der Waals surface area (Å²) in [5.74, 6) is -0.693. The minimum Gasteiger partial charge on any atom is -0.493 e. The van der Waals surface area contributed by atoms with Crippen molar-refractivity contribution in [1.82, 2.24) is 5.32 Å². The van der Waals surface area contributed by atoms with Gasteiger partial charge in [0.15, 0.2) is 16.6 Å². The van der Waals surface area contributed by atoms with Gasteiger partial charge in [-0.2, -0.15) is 13.2 Å². The number of nitrogens with one attached hydrogen (secondary N) is 1. The highest BCUT2D eigenvalue weighted by Gasteiger charge is 2.36. The number of benzene rings is 2. The molecule has 1 heterocycles. The zero-order valence-corrected chi connectivity index (χ0v) is 20.6. The second kappa shape index (κ2) is 9.67. The standard InChI is InChI=1S/C22H18F3IN2O4S/c1-11(2)32-18-16(26)8-12(9-17(18)31-3)7-15-19(29)27-21(33)28(20(15)30)14-6-4-5-13(10-14)22(23,24)25/h4-11H,1-3H3,(H,27,29,33)/b15-7+. The molecule has 1 aliphatic rings. The van der Waals surface area contributed by atoms with Crippen molar-refractivity contribution >= 4 is 63.5 Å². The van der Waals surface area contributed by atoms with E-state index < -0.39 is 23.6 Å². The highest BCUT2D eigenvalue weighted by atomic mass is 127. The van der Waals surface area contributed by atoms with Gasteiger partial charge in [-0.15, -0.1) is 0 Å². The van der Waals surface area contributed by atoms with E-state index in [1.807, 2.05) is 36.4 Å². The van der Waals surface area contributed by atoms with Crippen LogP contribution in [0.4, 0.5) is 18.9 Å². The monoisotopic (exact) mass is 590 g/mol. The third kappa shape index (κ3) is 5.46. The first-order valence-electron chi connectivity index (χ1n) is 9.55. The molecule has 1 aliphatic heterocycles. The Hall–Kier alpha value is -2.67. The van der Waals surface area contributed by atoms with Crippen LogP contribution >= 0.6 is 34.8 Å². The molecule has 2 aromatic carbocycles. The Morgan fingerprint density at radius 3 is 2.48 bits per heavy atom. The van der Waals surface area contributed by atoms with E-state index >= 15 is 0 Å². The van der Waals surface area contributed by atoms with Crippen LogP contribution in [0.1, 0.15) is 25.0 Å². The molecule has 11 heteroatoms. The first kappa shape index (κ1) is 25.0. The summed E-state index contributed by atoms with van der Waals surface area (Å²) in [6.45, 7) is 3.73. The molecule has 3 rings (SSSR count). The molecule has 0 spiro atoms. The number of halogens is 4. The highest BCUT2D eigenvalue weighted by molar-refractivity contribution is 14.1. The van der Waals surface area contributed by atoms with Crippen molar-refractivity contribution in [3.63, 3.8) is 0 Å². The fourth-order valence-electron chi connectivity index (χ4n) is 3.05. The van der Waals surface area contributed by atoms with Gasteiger partial charge in [-0.05, 0) is 90.6 Å². The molecule has 1 saturated heterocycles. The molecule has 6 nitrogen and oxygen atoms in total. The molecule has 1 N–H and O–H groups in total. The lowest BCUT2D eigenvalue weighted by atomic mass is 10.1. The topological polar surface area (TPSA) is 67.9 Å². The van der Waals surface area contributed by atoms with E-state index in [1.54, 1.807) is 12.1 Å². The molecule has 0 radical (unpaired) electrons. The number of amides is 2. The number of hydrogen-bond acceptors (Lipinski definition) is 5. The molecule has 33 heavy (non-hydrogen) atoms. The van der Waals surface area contributed by atoms with E-state index in [2.05, 4.69) is 5.32 Å². The first-order chi connectivity index (χ1) is 15.4. The number of rotatable bonds is 5. The second-order valence-corrected chi connectivity index (χ2v) is 8.76. The number of carbonyl (C=O) groups excluding carboxylic acids is 2. The maximum atomic E-state index is 13.1. The van der Waals surface area contributed by atoms with Crippen molar-refractivity contribution in [3.8, 4) is 11.5 Å². The molecule has 0 aliphatic carbocycles. The Bertz CT molecular complexity index is 1160. The maximum absolute atomic E-state index is 13.1. The molecule has 0 unspecified atom stereocenters. The number of alkyl halides is 3. The lowest BCUT2D eigenvalue weighted by Crippen LogP contribution is -2.54. The third-order valence-corrected chi connectivity index (χ3v) is 5.54. The van der Waals surface area contributed by atoms with Gasteiger partial charge in [0.25, 0.3) is 11.8 Å². The number of nitrogens with zero attached hydrogens (tertiary/aromatic N) is 1. The van der Waals surface area contributed by atoms with Crippen LogP contribution in [0.3, 0.4) is 0 Å². The van der Waals surface area contributed by atoms with Crippen molar-refractivity contribution in [2.24, 2.45) is 0 Å². The quantitative estimate of drug-likeness (QED) is 0.232. The van der Waals surface area contributed by atoms with Gasteiger partial charge in [0, 0.05) is 0 Å². The van der Waals surface area contributed by atoms with Gasteiger partial charge in [-0.3, -0.25) is 19.8 Å². The van der Waals surface area contributed by atoms with Crippen LogP contribution < -0.4 is 19.7 Å². The van der Waals surface area contributed by atoms with Crippen molar-refractivity contribution in [2.75, 3.05) is 12.0 Å². The molecular weight excluding hydrogens is 572 g/mol. The Labute approximate surface area is 206 Å². The van der Waals surface area contributed by atoms with Gasteiger partial charge in [0.1, 0.15) is 5.57 Å².